The molecule has 24 heavy (non-hydrogen) atoms. The average Bonchev–Trinajstić information content (AvgIpc) is 3.03. The molecule has 1 atom stereocenters. The second kappa shape index (κ2) is 7.35. The van der Waals surface area contributed by atoms with Crippen LogP contribution in [0.1, 0.15) is 17.0 Å². The maximum absolute atomic E-state index is 13.6. The van der Waals surface area contributed by atoms with Crippen LogP contribution in [0.15, 0.2) is 57.8 Å². The SMILES string of the molecule is C[S@@](=O)c1ccc(CNc2nnc(Cc3ccccc3F)o2)cc1. The van der Waals surface area contributed by atoms with E-state index in [0.717, 1.165) is 10.5 Å². The molecule has 3 aromatic rings. The molecule has 0 saturated heterocycles. The Bertz CT molecular complexity index is 849. The first-order chi connectivity index (χ1) is 11.6. The van der Waals surface area contributed by atoms with Crippen molar-refractivity contribution < 1.29 is 13.0 Å². The number of aromatic nitrogens is 2. The molecule has 7 heteroatoms. The van der Waals surface area contributed by atoms with Crippen LogP contribution in [0.4, 0.5) is 10.4 Å². The Morgan fingerprint density at radius 1 is 1.12 bits per heavy atom. The summed E-state index contributed by atoms with van der Waals surface area (Å²) in [6.07, 6.45) is 1.89. The highest BCUT2D eigenvalue weighted by atomic mass is 32.2. The molecule has 0 amide bonds. The number of halogens is 1. The van der Waals surface area contributed by atoms with Crippen LogP contribution in [-0.2, 0) is 23.8 Å². The molecule has 0 aliphatic carbocycles. The topological polar surface area (TPSA) is 68.0 Å². The molecule has 0 saturated carbocycles. The van der Waals surface area contributed by atoms with Gasteiger partial charge in [0.05, 0.1) is 6.42 Å². The number of nitrogens with zero attached hydrogens (tertiary/aromatic N) is 2. The molecule has 2 aromatic carbocycles. The third-order valence-corrected chi connectivity index (χ3v) is 4.40. The van der Waals surface area contributed by atoms with Crippen molar-refractivity contribution in [1.29, 1.82) is 0 Å². The standard InChI is InChI=1S/C17H16FN3O2S/c1-24(22)14-8-6-12(7-9-14)11-19-17-21-20-16(23-17)10-13-4-2-3-5-15(13)18/h2-9H,10-11H2,1H3,(H,19,21)/t24-/m1/s1. The van der Waals surface area contributed by atoms with Gasteiger partial charge in [0.1, 0.15) is 5.82 Å². The molecule has 0 fully saturated rings. The molecule has 0 bridgehead atoms. The van der Waals surface area contributed by atoms with E-state index in [4.69, 9.17) is 4.42 Å². The van der Waals surface area contributed by atoms with Crippen molar-refractivity contribution in [1.82, 2.24) is 10.2 Å². The second-order valence-corrected chi connectivity index (χ2v) is 6.60. The van der Waals surface area contributed by atoms with Gasteiger partial charge in [-0.1, -0.05) is 35.4 Å². The summed E-state index contributed by atoms with van der Waals surface area (Å²) in [6.45, 7) is 0.498. The minimum atomic E-state index is -0.987. The van der Waals surface area contributed by atoms with Crippen LogP contribution in [0.3, 0.4) is 0 Å². The average molecular weight is 345 g/mol. The highest BCUT2D eigenvalue weighted by molar-refractivity contribution is 7.84. The van der Waals surface area contributed by atoms with Crippen molar-refractivity contribution >= 4 is 16.8 Å². The molecular weight excluding hydrogens is 329 g/mol. The fraction of sp³-hybridized carbons (Fsp3) is 0.176. The Hall–Kier alpha value is -2.54. The number of benzene rings is 2. The predicted molar refractivity (Wildman–Crippen MR) is 89.6 cm³/mol. The molecule has 5 nitrogen and oxygen atoms in total. The van der Waals surface area contributed by atoms with Crippen molar-refractivity contribution in [2.24, 2.45) is 0 Å². The highest BCUT2D eigenvalue weighted by Gasteiger charge is 2.09. The maximum atomic E-state index is 13.6. The predicted octanol–water partition coefficient (Wildman–Crippen LogP) is 3.15. The largest absolute Gasteiger partial charge is 0.408 e. The molecule has 1 heterocycles. The van der Waals surface area contributed by atoms with Crippen LogP contribution in [-0.4, -0.2) is 20.7 Å². The minimum absolute atomic E-state index is 0.248. The normalized spacial score (nSPS) is 12.1. The van der Waals surface area contributed by atoms with Crippen LogP contribution < -0.4 is 5.32 Å². The van der Waals surface area contributed by atoms with Gasteiger partial charge in [-0.25, -0.2) is 4.39 Å². The van der Waals surface area contributed by atoms with E-state index in [0.29, 0.717) is 18.0 Å². The quantitative estimate of drug-likeness (QED) is 0.743. The van der Waals surface area contributed by atoms with Gasteiger partial charge in [0.25, 0.3) is 0 Å². The summed E-state index contributed by atoms with van der Waals surface area (Å²) in [5.74, 6) is 0.0536. The van der Waals surface area contributed by atoms with E-state index in [2.05, 4.69) is 15.5 Å². The molecule has 0 aliphatic heterocycles. The third-order valence-electron chi connectivity index (χ3n) is 3.47. The molecule has 1 N–H and O–H groups in total. The van der Waals surface area contributed by atoms with Gasteiger partial charge in [0.2, 0.25) is 5.89 Å². The van der Waals surface area contributed by atoms with Gasteiger partial charge in [-0.2, -0.15) is 0 Å². The molecule has 1 aromatic heterocycles. The smallest absolute Gasteiger partial charge is 0.315 e. The van der Waals surface area contributed by atoms with Crippen LogP contribution in [0.5, 0.6) is 0 Å². The molecule has 0 spiro atoms. The van der Waals surface area contributed by atoms with Crippen LogP contribution >= 0.6 is 0 Å². The first-order valence-electron chi connectivity index (χ1n) is 7.34. The zero-order valence-corrected chi connectivity index (χ0v) is 13.8. The second-order valence-electron chi connectivity index (χ2n) is 5.22. The summed E-state index contributed by atoms with van der Waals surface area (Å²) >= 11 is 0. The lowest BCUT2D eigenvalue weighted by Gasteiger charge is -2.03. The molecule has 124 valence electrons. The lowest BCUT2D eigenvalue weighted by molar-refractivity contribution is 0.510. The summed E-state index contributed by atoms with van der Waals surface area (Å²) in [5.41, 5.74) is 1.51. The van der Waals surface area contributed by atoms with Gasteiger partial charge >= 0.3 is 6.01 Å². The number of anilines is 1. The van der Waals surface area contributed by atoms with E-state index in [1.54, 1.807) is 24.5 Å². The van der Waals surface area contributed by atoms with Crippen molar-refractivity contribution in [3.8, 4) is 0 Å². The zero-order chi connectivity index (χ0) is 16.9. The third kappa shape index (κ3) is 4.05. The Morgan fingerprint density at radius 2 is 1.88 bits per heavy atom. The molecule has 0 aliphatic rings. The fourth-order valence-electron chi connectivity index (χ4n) is 2.18. The lowest BCUT2D eigenvalue weighted by Crippen LogP contribution is -2.00. The highest BCUT2D eigenvalue weighted by Crippen LogP contribution is 2.15. The molecule has 0 radical (unpaired) electrons. The maximum Gasteiger partial charge on any atom is 0.315 e. The van der Waals surface area contributed by atoms with Gasteiger partial charge in [0.15, 0.2) is 0 Å². The Morgan fingerprint density at radius 3 is 2.58 bits per heavy atom. The molecular formula is C17H16FN3O2S. The Kier molecular flexibility index (Phi) is 5.00. The summed E-state index contributed by atoms with van der Waals surface area (Å²) in [5, 5.41) is 10.8. The number of nitrogens with one attached hydrogen (secondary N) is 1. The summed E-state index contributed by atoms with van der Waals surface area (Å²) in [7, 11) is -0.987. The van der Waals surface area contributed by atoms with Crippen LogP contribution in [0.2, 0.25) is 0 Å². The summed E-state index contributed by atoms with van der Waals surface area (Å²) < 4.78 is 30.4. The Balaban J connectivity index is 1.60. The minimum Gasteiger partial charge on any atom is -0.408 e. The van der Waals surface area contributed by atoms with Crippen molar-refractivity contribution in [2.45, 2.75) is 17.9 Å². The van der Waals surface area contributed by atoms with Gasteiger partial charge in [-0.05, 0) is 29.3 Å². The first kappa shape index (κ1) is 16.3. The molecule has 3 rings (SSSR count). The van der Waals surface area contributed by atoms with Crippen molar-refractivity contribution in [2.75, 3.05) is 11.6 Å². The van der Waals surface area contributed by atoms with E-state index < -0.39 is 10.8 Å². The van der Waals surface area contributed by atoms with Gasteiger partial charge in [-0.15, -0.1) is 5.10 Å². The van der Waals surface area contributed by atoms with Crippen molar-refractivity contribution in [3.05, 3.63) is 71.4 Å². The van der Waals surface area contributed by atoms with Crippen LogP contribution in [0.25, 0.3) is 0 Å². The Labute approximate surface area is 141 Å². The zero-order valence-electron chi connectivity index (χ0n) is 13.0. The first-order valence-corrected chi connectivity index (χ1v) is 8.89. The van der Waals surface area contributed by atoms with E-state index in [-0.39, 0.29) is 18.3 Å². The lowest BCUT2D eigenvalue weighted by atomic mass is 10.1. The van der Waals surface area contributed by atoms with Gasteiger partial charge < -0.3 is 9.73 Å². The number of hydrogen-bond acceptors (Lipinski definition) is 5. The van der Waals surface area contributed by atoms with E-state index >= 15 is 0 Å². The van der Waals surface area contributed by atoms with Crippen molar-refractivity contribution in [3.63, 3.8) is 0 Å². The van der Waals surface area contributed by atoms with E-state index in [1.807, 2.05) is 24.3 Å². The van der Waals surface area contributed by atoms with Crippen LogP contribution in [0, 0.1) is 5.82 Å². The number of rotatable bonds is 6. The number of hydrogen-bond donors (Lipinski definition) is 1. The molecule has 0 unspecified atom stereocenters. The monoisotopic (exact) mass is 345 g/mol. The fourth-order valence-corrected chi connectivity index (χ4v) is 2.70. The van der Waals surface area contributed by atoms with E-state index in [9.17, 15) is 8.60 Å². The van der Waals surface area contributed by atoms with Gasteiger partial charge in [-0.3, -0.25) is 4.21 Å². The summed E-state index contributed by atoms with van der Waals surface area (Å²) in [6, 6.07) is 14.2. The van der Waals surface area contributed by atoms with Gasteiger partial charge in [0, 0.05) is 28.5 Å². The van der Waals surface area contributed by atoms with E-state index in [1.165, 1.54) is 6.07 Å². The summed E-state index contributed by atoms with van der Waals surface area (Å²) in [4.78, 5) is 0.781.